The summed E-state index contributed by atoms with van der Waals surface area (Å²) in [6.07, 6.45) is 0.831. The van der Waals surface area contributed by atoms with Crippen LogP contribution in [0.1, 0.15) is 43.1 Å². The number of benzene rings is 1. The number of ether oxygens (including phenoxy) is 2. The summed E-state index contributed by atoms with van der Waals surface area (Å²) in [6.45, 7) is 7.63. The van der Waals surface area contributed by atoms with Gasteiger partial charge in [0.15, 0.2) is 5.78 Å². The maximum atomic E-state index is 11.9. The van der Waals surface area contributed by atoms with E-state index in [0.29, 0.717) is 24.1 Å². The fraction of sp³-hybridized carbons (Fsp3) is 0.562. The Morgan fingerprint density at radius 3 is 2.45 bits per heavy atom. The van der Waals surface area contributed by atoms with Crippen LogP contribution in [0.5, 0.6) is 5.75 Å². The number of Topliss-reactive ketones (excluding diaryl/α,β-unsaturated/α-hetero) is 1. The van der Waals surface area contributed by atoms with Crippen LogP contribution in [0.2, 0.25) is 0 Å². The SMILES string of the molecule is COCCCOc1cc(C(=O)CBr)cc(C(C)(C)C)c1. The van der Waals surface area contributed by atoms with E-state index in [2.05, 4.69) is 36.7 Å². The van der Waals surface area contributed by atoms with E-state index in [0.717, 1.165) is 17.7 Å². The second-order valence-corrected chi connectivity index (χ2v) is 6.31. The summed E-state index contributed by atoms with van der Waals surface area (Å²) < 4.78 is 10.7. The maximum Gasteiger partial charge on any atom is 0.173 e. The lowest BCUT2D eigenvalue weighted by Crippen LogP contribution is -2.13. The van der Waals surface area contributed by atoms with Gasteiger partial charge in [0, 0.05) is 25.7 Å². The van der Waals surface area contributed by atoms with E-state index in [4.69, 9.17) is 9.47 Å². The molecule has 1 aromatic rings. The van der Waals surface area contributed by atoms with E-state index < -0.39 is 0 Å². The predicted molar refractivity (Wildman–Crippen MR) is 85.3 cm³/mol. The summed E-state index contributed by atoms with van der Waals surface area (Å²) in [5.41, 5.74) is 1.77. The van der Waals surface area contributed by atoms with E-state index in [1.165, 1.54) is 0 Å². The van der Waals surface area contributed by atoms with Crippen LogP contribution >= 0.6 is 15.9 Å². The highest BCUT2D eigenvalue weighted by atomic mass is 79.9. The molecule has 0 aliphatic rings. The Hall–Kier alpha value is -0.870. The average molecular weight is 343 g/mol. The molecular formula is C16H23BrO3. The van der Waals surface area contributed by atoms with E-state index in [1.807, 2.05) is 18.2 Å². The summed E-state index contributed by atoms with van der Waals surface area (Å²) in [6, 6.07) is 5.77. The zero-order valence-electron chi connectivity index (χ0n) is 12.7. The smallest absolute Gasteiger partial charge is 0.173 e. The highest BCUT2D eigenvalue weighted by Crippen LogP contribution is 2.28. The molecule has 0 unspecified atom stereocenters. The Morgan fingerprint density at radius 2 is 1.90 bits per heavy atom. The van der Waals surface area contributed by atoms with Crippen LogP contribution in [0.25, 0.3) is 0 Å². The maximum absolute atomic E-state index is 11.9. The number of halogens is 1. The molecule has 0 saturated carbocycles. The first-order valence-electron chi connectivity index (χ1n) is 6.75. The van der Waals surface area contributed by atoms with Gasteiger partial charge in [0.25, 0.3) is 0 Å². The number of carbonyl (C=O) groups is 1. The van der Waals surface area contributed by atoms with Gasteiger partial charge in [-0.15, -0.1) is 0 Å². The van der Waals surface area contributed by atoms with Crippen molar-refractivity contribution in [2.45, 2.75) is 32.6 Å². The van der Waals surface area contributed by atoms with Gasteiger partial charge in [-0.1, -0.05) is 36.7 Å². The van der Waals surface area contributed by atoms with Crippen molar-refractivity contribution in [3.63, 3.8) is 0 Å². The van der Waals surface area contributed by atoms with Crippen molar-refractivity contribution in [2.24, 2.45) is 0 Å². The number of alkyl halides is 1. The Morgan fingerprint density at radius 1 is 1.20 bits per heavy atom. The van der Waals surface area contributed by atoms with Gasteiger partial charge in [-0.25, -0.2) is 0 Å². The minimum atomic E-state index is -0.0206. The molecule has 0 radical (unpaired) electrons. The van der Waals surface area contributed by atoms with Gasteiger partial charge < -0.3 is 9.47 Å². The van der Waals surface area contributed by atoms with Crippen molar-refractivity contribution < 1.29 is 14.3 Å². The third-order valence-electron chi connectivity index (χ3n) is 2.98. The minimum Gasteiger partial charge on any atom is -0.493 e. The molecule has 0 bridgehead atoms. The largest absolute Gasteiger partial charge is 0.493 e. The van der Waals surface area contributed by atoms with Crippen LogP contribution in [-0.4, -0.2) is 31.4 Å². The summed E-state index contributed by atoms with van der Waals surface area (Å²) in [5.74, 6) is 0.815. The van der Waals surface area contributed by atoms with Crippen molar-refractivity contribution in [2.75, 3.05) is 25.7 Å². The van der Waals surface area contributed by atoms with Crippen LogP contribution in [0, 0.1) is 0 Å². The van der Waals surface area contributed by atoms with E-state index in [9.17, 15) is 4.79 Å². The van der Waals surface area contributed by atoms with Crippen LogP contribution in [0.3, 0.4) is 0 Å². The summed E-state index contributed by atoms with van der Waals surface area (Å²) in [5, 5.41) is 0.323. The monoisotopic (exact) mass is 342 g/mol. The summed E-state index contributed by atoms with van der Waals surface area (Å²) in [4.78, 5) is 11.9. The molecular weight excluding hydrogens is 320 g/mol. The first-order chi connectivity index (χ1) is 9.38. The molecule has 0 aliphatic heterocycles. The molecule has 0 amide bonds. The summed E-state index contributed by atoms with van der Waals surface area (Å²) >= 11 is 3.22. The third kappa shape index (κ3) is 5.25. The first-order valence-corrected chi connectivity index (χ1v) is 7.87. The molecule has 0 spiro atoms. The van der Waals surface area contributed by atoms with Crippen LogP contribution in [-0.2, 0) is 10.2 Å². The van der Waals surface area contributed by atoms with Gasteiger partial charge in [0.05, 0.1) is 11.9 Å². The van der Waals surface area contributed by atoms with Gasteiger partial charge in [-0.3, -0.25) is 4.79 Å². The molecule has 0 N–H and O–H groups in total. The van der Waals surface area contributed by atoms with Crippen molar-refractivity contribution >= 4 is 21.7 Å². The predicted octanol–water partition coefficient (Wildman–Crippen LogP) is 3.98. The normalized spacial score (nSPS) is 11.4. The van der Waals surface area contributed by atoms with Crippen LogP contribution < -0.4 is 4.74 Å². The molecule has 0 atom stereocenters. The lowest BCUT2D eigenvalue weighted by Gasteiger charge is -2.21. The molecule has 0 aromatic heterocycles. The van der Waals surface area contributed by atoms with E-state index in [-0.39, 0.29) is 11.2 Å². The number of methoxy groups -OCH3 is 1. The zero-order chi connectivity index (χ0) is 15.2. The van der Waals surface area contributed by atoms with Gasteiger partial charge >= 0.3 is 0 Å². The standard InChI is InChI=1S/C16H23BrO3/c1-16(2,3)13-8-12(15(18)11-17)9-14(10-13)20-7-5-6-19-4/h8-10H,5-7,11H2,1-4H3. The molecule has 20 heavy (non-hydrogen) atoms. The van der Waals surface area contributed by atoms with Crippen molar-refractivity contribution in [1.82, 2.24) is 0 Å². The minimum absolute atomic E-state index is 0.0206. The Balaban J connectivity index is 2.95. The summed E-state index contributed by atoms with van der Waals surface area (Å²) in [7, 11) is 1.67. The lowest BCUT2D eigenvalue weighted by atomic mass is 9.85. The van der Waals surface area contributed by atoms with Gasteiger partial charge in [0.2, 0.25) is 0 Å². The molecule has 4 heteroatoms. The Labute approximate surface area is 129 Å². The Kier molecular flexibility index (Phi) is 6.69. The molecule has 0 saturated heterocycles. The Bertz CT molecular complexity index is 450. The average Bonchev–Trinajstić information content (AvgIpc) is 2.41. The second kappa shape index (κ2) is 7.79. The number of hydrogen-bond donors (Lipinski definition) is 0. The molecule has 0 fully saturated rings. The van der Waals surface area contributed by atoms with E-state index >= 15 is 0 Å². The highest BCUT2D eigenvalue weighted by molar-refractivity contribution is 9.09. The van der Waals surface area contributed by atoms with Crippen LogP contribution in [0.4, 0.5) is 0 Å². The fourth-order valence-corrected chi connectivity index (χ4v) is 2.07. The van der Waals surface area contributed by atoms with Gasteiger partial charge in [0.1, 0.15) is 5.75 Å². The first kappa shape index (κ1) is 17.2. The second-order valence-electron chi connectivity index (χ2n) is 5.75. The molecule has 0 heterocycles. The number of hydrogen-bond acceptors (Lipinski definition) is 3. The topological polar surface area (TPSA) is 35.5 Å². The van der Waals surface area contributed by atoms with E-state index in [1.54, 1.807) is 7.11 Å². The third-order valence-corrected chi connectivity index (χ3v) is 3.49. The number of ketones is 1. The zero-order valence-corrected chi connectivity index (χ0v) is 14.2. The van der Waals surface area contributed by atoms with Gasteiger partial charge in [-0.05, 0) is 29.2 Å². The quantitative estimate of drug-likeness (QED) is 0.427. The molecule has 3 nitrogen and oxygen atoms in total. The molecule has 0 aliphatic carbocycles. The lowest BCUT2D eigenvalue weighted by molar-refractivity contribution is 0.102. The van der Waals surface area contributed by atoms with Crippen molar-refractivity contribution in [3.05, 3.63) is 29.3 Å². The molecule has 1 aromatic carbocycles. The van der Waals surface area contributed by atoms with Crippen LogP contribution in [0.15, 0.2) is 18.2 Å². The number of carbonyl (C=O) groups excluding carboxylic acids is 1. The number of rotatable bonds is 7. The highest BCUT2D eigenvalue weighted by Gasteiger charge is 2.17. The molecule has 1 rings (SSSR count). The van der Waals surface area contributed by atoms with Gasteiger partial charge in [-0.2, -0.15) is 0 Å². The van der Waals surface area contributed by atoms with Crippen molar-refractivity contribution in [3.8, 4) is 5.75 Å². The fourth-order valence-electron chi connectivity index (χ4n) is 1.75. The van der Waals surface area contributed by atoms with Crippen molar-refractivity contribution in [1.29, 1.82) is 0 Å². The molecule has 112 valence electrons.